The van der Waals surface area contributed by atoms with Gasteiger partial charge in [-0.1, -0.05) is 6.07 Å². The molecule has 0 bridgehead atoms. The zero-order chi connectivity index (χ0) is 13.2. The molecule has 0 aromatic carbocycles. The molecule has 0 radical (unpaired) electrons. The Hall–Kier alpha value is -0.980. The fraction of sp³-hybridized carbons (Fsp3) is 0.583. The van der Waals surface area contributed by atoms with Gasteiger partial charge in [0, 0.05) is 25.3 Å². The predicted molar refractivity (Wildman–Crippen MR) is 70.7 cm³/mol. The molecule has 1 aliphatic heterocycles. The number of sulfone groups is 1. The minimum atomic E-state index is -2.83. The summed E-state index contributed by atoms with van der Waals surface area (Å²) in [6, 6.07) is 3.99. The summed E-state index contributed by atoms with van der Waals surface area (Å²) in [4.78, 5) is 6.32. The van der Waals surface area contributed by atoms with E-state index in [0.717, 1.165) is 17.7 Å². The van der Waals surface area contributed by atoms with Crippen molar-refractivity contribution < 1.29 is 8.42 Å². The van der Waals surface area contributed by atoms with Gasteiger partial charge in [0.1, 0.15) is 0 Å². The topological polar surface area (TPSA) is 76.3 Å². The summed E-state index contributed by atoms with van der Waals surface area (Å²) in [7, 11) is -0.873. The minimum Gasteiger partial charge on any atom is -0.325 e. The van der Waals surface area contributed by atoms with Gasteiger partial charge in [-0.25, -0.2) is 8.42 Å². The molecule has 2 rings (SSSR count). The lowest BCUT2D eigenvalue weighted by atomic mass is 10.1. The maximum absolute atomic E-state index is 11.5. The Balaban J connectivity index is 2.05. The standard InChI is InChI=1S/C12H19N3O2S/c1-15(11-4-6-18(16,17)9-11)8-10-3-2-5-14-12(10)7-13/h2-3,5,11H,4,6-9,13H2,1H3. The molecule has 0 spiro atoms. The van der Waals surface area contributed by atoms with Gasteiger partial charge in [0.15, 0.2) is 9.84 Å². The molecule has 2 N–H and O–H groups in total. The lowest BCUT2D eigenvalue weighted by molar-refractivity contribution is 0.253. The number of nitrogens with two attached hydrogens (primary N) is 1. The average Bonchev–Trinajstić information content (AvgIpc) is 2.70. The quantitative estimate of drug-likeness (QED) is 0.842. The number of hydrogen-bond donors (Lipinski definition) is 1. The summed E-state index contributed by atoms with van der Waals surface area (Å²) in [5.74, 6) is 0.570. The summed E-state index contributed by atoms with van der Waals surface area (Å²) < 4.78 is 22.9. The van der Waals surface area contributed by atoms with Crippen LogP contribution in [0.4, 0.5) is 0 Å². The summed E-state index contributed by atoms with van der Waals surface area (Å²) in [5, 5.41) is 0. The van der Waals surface area contributed by atoms with Crippen molar-refractivity contribution in [3.05, 3.63) is 29.6 Å². The molecule has 6 heteroatoms. The third-order valence-corrected chi connectivity index (χ3v) is 5.18. The van der Waals surface area contributed by atoms with Gasteiger partial charge in [0.2, 0.25) is 0 Å². The molecule has 0 aliphatic carbocycles. The van der Waals surface area contributed by atoms with E-state index in [2.05, 4.69) is 9.88 Å². The van der Waals surface area contributed by atoms with E-state index in [1.807, 2.05) is 19.2 Å². The molecule has 1 saturated heterocycles. The van der Waals surface area contributed by atoms with E-state index in [9.17, 15) is 8.42 Å². The highest BCUT2D eigenvalue weighted by molar-refractivity contribution is 7.91. The first-order valence-electron chi connectivity index (χ1n) is 6.05. The average molecular weight is 269 g/mol. The van der Waals surface area contributed by atoms with Crippen LogP contribution in [0.15, 0.2) is 18.3 Å². The molecule has 100 valence electrons. The fourth-order valence-electron chi connectivity index (χ4n) is 2.32. The molecule has 2 heterocycles. The van der Waals surface area contributed by atoms with Crippen molar-refractivity contribution in [3.8, 4) is 0 Å². The first kappa shape index (κ1) is 13.5. The minimum absolute atomic E-state index is 0.112. The Morgan fingerprint density at radius 1 is 1.56 bits per heavy atom. The second kappa shape index (κ2) is 5.34. The Morgan fingerprint density at radius 3 is 2.94 bits per heavy atom. The van der Waals surface area contributed by atoms with Crippen LogP contribution in [0.5, 0.6) is 0 Å². The van der Waals surface area contributed by atoms with E-state index in [0.29, 0.717) is 18.8 Å². The highest BCUT2D eigenvalue weighted by Gasteiger charge is 2.30. The highest BCUT2D eigenvalue weighted by Crippen LogP contribution is 2.19. The summed E-state index contributed by atoms with van der Waals surface area (Å²) in [5.41, 5.74) is 7.60. The molecule has 1 aromatic heterocycles. The smallest absolute Gasteiger partial charge is 0.151 e. The molecule has 18 heavy (non-hydrogen) atoms. The van der Waals surface area contributed by atoms with Crippen LogP contribution in [-0.2, 0) is 22.9 Å². The van der Waals surface area contributed by atoms with Crippen molar-refractivity contribution >= 4 is 9.84 Å². The van der Waals surface area contributed by atoms with Gasteiger partial charge in [-0.3, -0.25) is 9.88 Å². The second-order valence-corrected chi connectivity index (χ2v) is 7.01. The molecule has 5 nitrogen and oxygen atoms in total. The maximum atomic E-state index is 11.5. The van der Waals surface area contributed by atoms with Gasteiger partial charge < -0.3 is 5.73 Å². The highest BCUT2D eigenvalue weighted by atomic mass is 32.2. The normalized spacial score (nSPS) is 22.5. The summed E-state index contributed by atoms with van der Waals surface area (Å²) in [6.45, 7) is 1.10. The van der Waals surface area contributed by atoms with E-state index >= 15 is 0 Å². The van der Waals surface area contributed by atoms with Gasteiger partial charge in [-0.05, 0) is 25.1 Å². The van der Waals surface area contributed by atoms with Crippen molar-refractivity contribution in [2.45, 2.75) is 25.6 Å². The molecule has 1 atom stereocenters. The number of hydrogen-bond acceptors (Lipinski definition) is 5. The van der Waals surface area contributed by atoms with Crippen LogP contribution >= 0.6 is 0 Å². The van der Waals surface area contributed by atoms with E-state index in [1.165, 1.54) is 0 Å². The predicted octanol–water partition coefficient (Wildman–Crippen LogP) is 0.159. The van der Waals surface area contributed by atoms with Crippen molar-refractivity contribution in [3.63, 3.8) is 0 Å². The van der Waals surface area contributed by atoms with Crippen molar-refractivity contribution in [1.29, 1.82) is 0 Å². The number of rotatable bonds is 4. The van der Waals surface area contributed by atoms with Gasteiger partial charge >= 0.3 is 0 Å². The van der Waals surface area contributed by atoms with E-state index < -0.39 is 9.84 Å². The van der Waals surface area contributed by atoms with Crippen molar-refractivity contribution in [1.82, 2.24) is 9.88 Å². The Labute approximate surface area is 108 Å². The van der Waals surface area contributed by atoms with E-state index in [-0.39, 0.29) is 11.8 Å². The Bertz CT molecular complexity index is 516. The number of aromatic nitrogens is 1. The Morgan fingerprint density at radius 2 is 2.33 bits per heavy atom. The van der Waals surface area contributed by atoms with Gasteiger partial charge in [0.25, 0.3) is 0 Å². The van der Waals surface area contributed by atoms with E-state index in [1.54, 1.807) is 6.20 Å². The molecular weight excluding hydrogens is 250 g/mol. The fourth-order valence-corrected chi connectivity index (χ4v) is 4.13. The van der Waals surface area contributed by atoms with Crippen LogP contribution in [0.1, 0.15) is 17.7 Å². The van der Waals surface area contributed by atoms with Crippen LogP contribution in [0.3, 0.4) is 0 Å². The first-order chi connectivity index (χ1) is 8.52. The lowest BCUT2D eigenvalue weighted by Crippen LogP contribution is -2.32. The summed E-state index contributed by atoms with van der Waals surface area (Å²) >= 11 is 0. The summed E-state index contributed by atoms with van der Waals surface area (Å²) in [6.07, 6.45) is 2.45. The third-order valence-electron chi connectivity index (χ3n) is 3.43. The van der Waals surface area contributed by atoms with Crippen LogP contribution in [-0.4, -0.2) is 42.9 Å². The molecule has 0 amide bonds. The second-order valence-electron chi connectivity index (χ2n) is 4.79. The van der Waals surface area contributed by atoms with Crippen molar-refractivity contribution in [2.75, 3.05) is 18.6 Å². The first-order valence-corrected chi connectivity index (χ1v) is 7.87. The molecular formula is C12H19N3O2S. The zero-order valence-electron chi connectivity index (χ0n) is 10.5. The number of nitrogens with zero attached hydrogens (tertiary/aromatic N) is 2. The third kappa shape index (κ3) is 3.07. The van der Waals surface area contributed by atoms with Crippen LogP contribution < -0.4 is 5.73 Å². The molecule has 1 unspecified atom stereocenters. The van der Waals surface area contributed by atoms with Gasteiger partial charge in [-0.2, -0.15) is 0 Å². The largest absolute Gasteiger partial charge is 0.325 e. The monoisotopic (exact) mass is 269 g/mol. The molecule has 0 saturated carbocycles. The number of pyridine rings is 1. The van der Waals surface area contributed by atoms with Gasteiger partial charge in [-0.15, -0.1) is 0 Å². The van der Waals surface area contributed by atoms with Gasteiger partial charge in [0.05, 0.1) is 17.2 Å². The van der Waals surface area contributed by atoms with E-state index in [4.69, 9.17) is 5.73 Å². The van der Waals surface area contributed by atoms with Crippen LogP contribution in [0, 0.1) is 0 Å². The SMILES string of the molecule is CN(Cc1cccnc1CN)C1CCS(=O)(=O)C1. The van der Waals surface area contributed by atoms with Crippen LogP contribution in [0.2, 0.25) is 0 Å². The van der Waals surface area contributed by atoms with Crippen LogP contribution in [0.25, 0.3) is 0 Å². The lowest BCUT2D eigenvalue weighted by Gasteiger charge is -2.23. The molecule has 1 fully saturated rings. The maximum Gasteiger partial charge on any atom is 0.151 e. The Kier molecular flexibility index (Phi) is 3.99. The molecule has 1 aromatic rings. The van der Waals surface area contributed by atoms with Crippen molar-refractivity contribution in [2.24, 2.45) is 5.73 Å². The zero-order valence-corrected chi connectivity index (χ0v) is 11.4. The molecule has 1 aliphatic rings.